The Labute approximate surface area is 165 Å². The first-order valence-corrected chi connectivity index (χ1v) is 9.69. The molecule has 1 fully saturated rings. The lowest BCUT2D eigenvalue weighted by Gasteiger charge is -2.29. The van der Waals surface area contributed by atoms with Crippen LogP contribution in [0.3, 0.4) is 0 Å². The number of methoxy groups -OCH3 is 1. The molecule has 2 aromatic carbocycles. The summed E-state index contributed by atoms with van der Waals surface area (Å²) in [7, 11) is 1.60. The Morgan fingerprint density at radius 2 is 1.86 bits per heavy atom. The summed E-state index contributed by atoms with van der Waals surface area (Å²) in [5, 5.41) is 6.06. The van der Waals surface area contributed by atoms with Gasteiger partial charge in [-0.25, -0.2) is 0 Å². The van der Waals surface area contributed by atoms with Gasteiger partial charge in [-0.15, -0.1) is 0 Å². The number of carbonyl (C=O) groups is 2. The molecule has 3 rings (SSSR count). The summed E-state index contributed by atoms with van der Waals surface area (Å²) < 4.78 is 5.18. The maximum atomic E-state index is 12.5. The van der Waals surface area contributed by atoms with Crippen LogP contribution in [0, 0.1) is 6.92 Å². The van der Waals surface area contributed by atoms with E-state index in [0.717, 1.165) is 48.5 Å². The number of nitrogens with one attached hydrogen (secondary N) is 3. The second kappa shape index (κ2) is 9.37. The Morgan fingerprint density at radius 3 is 2.57 bits per heavy atom. The fourth-order valence-electron chi connectivity index (χ4n) is 3.57. The van der Waals surface area contributed by atoms with Crippen molar-refractivity contribution < 1.29 is 19.2 Å². The Kier molecular flexibility index (Phi) is 6.66. The number of hydrogen-bond acceptors (Lipinski definition) is 3. The van der Waals surface area contributed by atoms with Gasteiger partial charge in [-0.1, -0.05) is 24.3 Å². The monoisotopic (exact) mass is 382 g/mol. The highest BCUT2D eigenvalue weighted by Crippen LogP contribution is 2.16. The van der Waals surface area contributed by atoms with Crippen molar-refractivity contribution in [3.63, 3.8) is 0 Å². The molecule has 0 saturated carbocycles. The molecule has 3 N–H and O–H groups in total. The van der Waals surface area contributed by atoms with Crippen LogP contribution in [0.1, 0.15) is 28.8 Å². The molecular weight excluding hydrogens is 354 g/mol. The molecule has 0 bridgehead atoms. The molecule has 2 amide bonds. The van der Waals surface area contributed by atoms with E-state index in [9.17, 15) is 9.59 Å². The van der Waals surface area contributed by atoms with E-state index in [1.807, 2.05) is 49.4 Å². The first-order valence-electron chi connectivity index (χ1n) is 9.69. The van der Waals surface area contributed by atoms with Crippen molar-refractivity contribution in [2.45, 2.75) is 25.8 Å². The Morgan fingerprint density at radius 1 is 1.11 bits per heavy atom. The lowest BCUT2D eigenvalue weighted by molar-refractivity contribution is -0.897. The summed E-state index contributed by atoms with van der Waals surface area (Å²) in [4.78, 5) is 26.0. The third kappa shape index (κ3) is 5.33. The van der Waals surface area contributed by atoms with Gasteiger partial charge in [0.05, 0.1) is 20.2 Å². The SMILES string of the molecule is COc1cccc(NC(=O)C[NH+]2CCC(NC(=O)c3ccccc3C)CC2)c1. The van der Waals surface area contributed by atoms with Crippen LogP contribution in [0.25, 0.3) is 0 Å². The normalized spacial score (nSPS) is 18.9. The molecule has 28 heavy (non-hydrogen) atoms. The minimum absolute atomic E-state index is 0.00866. The highest BCUT2D eigenvalue weighted by molar-refractivity contribution is 5.95. The van der Waals surface area contributed by atoms with Gasteiger partial charge in [0.15, 0.2) is 6.54 Å². The van der Waals surface area contributed by atoms with E-state index in [0.29, 0.717) is 6.54 Å². The average Bonchev–Trinajstić information content (AvgIpc) is 2.70. The number of rotatable bonds is 6. The maximum Gasteiger partial charge on any atom is 0.279 e. The zero-order valence-corrected chi connectivity index (χ0v) is 16.5. The van der Waals surface area contributed by atoms with Crippen LogP contribution in [-0.4, -0.2) is 44.6 Å². The van der Waals surface area contributed by atoms with Gasteiger partial charge >= 0.3 is 0 Å². The van der Waals surface area contributed by atoms with Crippen LogP contribution in [0.2, 0.25) is 0 Å². The Balaban J connectivity index is 1.44. The van der Waals surface area contributed by atoms with E-state index in [2.05, 4.69) is 10.6 Å². The maximum absolute atomic E-state index is 12.5. The standard InChI is InChI=1S/C22H27N3O3/c1-16-6-3-4-9-20(16)22(27)24-17-10-12-25(13-11-17)15-21(26)23-18-7-5-8-19(14-18)28-2/h3-9,14,17H,10-13,15H2,1-2H3,(H,23,26)(H,24,27)/p+1. The minimum atomic E-state index is -0.0117. The van der Waals surface area contributed by atoms with Crippen LogP contribution in [0.5, 0.6) is 5.75 Å². The predicted molar refractivity (Wildman–Crippen MR) is 109 cm³/mol. The van der Waals surface area contributed by atoms with Crippen LogP contribution < -0.4 is 20.3 Å². The number of anilines is 1. The molecule has 0 aliphatic carbocycles. The number of amides is 2. The third-order valence-corrected chi connectivity index (χ3v) is 5.18. The van der Waals surface area contributed by atoms with Gasteiger partial charge in [-0.05, 0) is 30.7 Å². The molecule has 6 heteroatoms. The number of aryl methyl sites for hydroxylation is 1. The van der Waals surface area contributed by atoms with E-state index >= 15 is 0 Å². The van der Waals surface area contributed by atoms with Gasteiger partial charge < -0.3 is 20.3 Å². The predicted octanol–water partition coefficient (Wildman–Crippen LogP) is 1.42. The molecule has 2 aromatic rings. The van der Waals surface area contributed by atoms with Gasteiger partial charge in [-0.3, -0.25) is 9.59 Å². The molecule has 0 spiro atoms. The molecule has 0 radical (unpaired) electrons. The number of quaternary nitrogens is 1. The van der Waals surface area contributed by atoms with Crippen molar-refractivity contribution in [1.29, 1.82) is 0 Å². The lowest BCUT2D eigenvalue weighted by atomic mass is 10.0. The van der Waals surface area contributed by atoms with Crippen molar-refractivity contribution >= 4 is 17.5 Å². The topological polar surface area (TPSA) is 71.9 Å². The molecule has 1 aliphatic rings. The molecule has 0 atom stereocenters. The number of benzene rings is 2. The summed E-state index contributed by atoms with van der Waals surface area (Å²) in [5.74, 6) is 0.698. The first-order chi connectivity index (χ1) is 13.5. The van der Waals surface area contributed by atoms with E-state index < -0.39 is 0 Å². The number of hydrogen-bond donors (Lipinski definition) is 3. The molecule has 6 nitrogen and oxygen atoms in total. The number of carbonyl (C=O) groups excluding carboxylic acids is 2. The molecule has 1 heterocycles. The van der Waals surface area contributed by atoms with Crippen molar-refractivity contribution in [1.82, 2.24) is 5.32 Å². The molecule has 0 unspecified atom stereocenters. The van der Waals surface area contributed by atoms with Crippen LogP contribution in [0.15, 0.2) is 48.5 Å². The smallest absolute Gasteiger partial charge is 0.279 e. The van der Waals surface area contributed by atoms with Crippen LogP contribution in [-0.2, 0) is 4.79 Å². The lowest BCUT2D eigenvalue weighted by Crippen LogP contribution is -3.14. The fraction of sp³-hybridized carbons (Fsp3) is 0.364. The Hall–Kier alpha value is -2.86. The summed E-state index contributed by atoms with van der Waals surface area (Å²) >= 11 is 0. The highest BCUT2D eigenvalue weighted by Gasteiger charge is 2.25. The molecular formula is C22H28N3O3+. The summed E-state index contributed by atoms with van der Waals surface area (Å²) in [6.45, 7) is 4.10. The summed E-state index contributed by atoms with van der Waals surface area (Å²) in [5.41, 5.74) is 2.45. The van der Waals surface area contributed by atoms with E-state index in [1.165, 1.54) is 4.90 Å². The number of piperidine rings is 1. The third-order valence-electron chi connectivity index (χ3n) is 5.18. The van der Waals surface area contributed by atoms with Crippen molar-refractivity contribution in [3.8, 4) is 5.75 Å². The largest absolute Gasteiger partial charge is 0.497 e. The summed E-state index contributed by atoms with van der Waals surface area (Å²) in [6, 6.07) is 15.1. The van der Waals surface area contributed by atoms with Crippen molar-refractivity contribution in [2.75, 3.05) is 32.1 Å². The second-order valence-electron chi connectivity index (χ2n) is 7.27. The number of likely N-dealkylation sites (tertiary alicyclic amines) is 1. The van der Waals surface area contributed by atoms with Gasteiger partial charge in [0, 0.05) is 36.2 Å². The zero-order valence-electron chi connectivity index (χ0n) is 16.5. The number of ether oxygens (including phenoxy) is 1. The van der Waals surface area contributed by atoms with E-state index in [1.54, 1.807) is 13.2 Å². The Bertz CT molecular complexity index is 829. The fourth-order valence-corrected chi connectivity index (χ4v) is 3.57. The molecule has 0 aromatic heterocycles. The van der Waals surface area contributed by atoms with Crippen molar-refractivity contribution in [2.24, 2.45) is 0 Å². The van der Waals surface area contributed by atoms with Gasteiger partial charge in [0.2, 0.25) is 0 Å². The second-order valence-corrected chi connectivity index (χ2v) is 7.27. The first kappa shape index (κ1) is 19.9. The van der Waals surface area contributed by atoms with Crippen molar-refractivity contribution in [3.05, 3.63) is 59.7 Å². The van der Waals surface area contributed by atoms with E-state index in [-0.39, 0.29) is 17.9 Å². The minimum Gasteiger partial charge on any atom is -0.497 e. The summed E-state index contributed by atoms with van der Waals surface area (Å²) in [6.07, 6.45) is 1.75. The van der Waals surface area contributed by atoms with Gasteiger partial charge in [0.25, 0.3) is 11.8 Å². The van der Waals surface area contributed by atoms with E-state index in [4.69, 9.17) is 4.74 Å². The molecule has 1 saturated heterocycles. The van der Waals surface area contributed by atoms with Crippen LogP contribution in [0.4, 0.5) is 5.69 Å². The molecule has 1 aliphatic heterocycles. The van der Waals surface area contributed by atoms with Gasteiger partial charge in [0.1, 0.15) is 5.75 Å². The van der Waals surface area contributed by atoms with Gasteiger partial charge in [-0.2, -0.15) is 0 Å². The molecule has 148 valence electrons. The quantitative estimate of drug-likeness (QED) is 0.708. The van der Waals surface area contributed by atoms with Crippen LogP contribution >= 0.6 is 0 Å². The zero-order chi connectivity index (χ0) is 19.9. The average molecular weight is 382 g/mol. The highest BCUT2D eigenvalue weighted by atomic mass is 16.5.